The molecule has 1 heterocycles. The Morgan fingerprint density at radius 3 is 2.19 bits per heavy atom. The fourth-order valence-electron chi connectivity index (χ4n) is 3.08. The summed E-state index contributed by atoms with van der Waals surface area (Å²) in [7, 11) is 0. The largest absolute Gasteiger partial charge is 0.451 e. The molecule has 0 spiro atoms. The molecule has 0 aliphatic heterocycles. The Morgan fingerprint density at radius 2 is 1.50 bits per heavy atom. The summed E-state index contributed by atoms with van der Waals surface area (Å²) in [4.78, 5) is 38.0. The minimum absolute atomic E-state index is 0.0902. The Kier molecular flexibility index (Phi) is 6.20. The average molecular weight is 468 g/mol. The maximum atomic E-state index is 12.9. The number of rotatable bonds is 5. The fraction of sp³-hybridized carbons (Fsp3) is 0.0435. The van der Waals surface area contributed by atoms with E-state index in [0.29, 0.717) is 16.5 Å². The van der Waals surface area contributed by atoms with Gasteiger partial charge in [-0.3, -0.25) is 9.59 Å². The highest BCUT2D eigenvalue weighted by Crippen LogP contribution is 2.29. The van der Waals surface area contributed by atoms with Crippen LogP contribution < -0.4 is 10.9 Å². The molecule has 0 saturated heterocycles. The molecule has 4 aromatic rings. The third-order valence-electron chi connectivity index (χ3n) is 4.56. The number of aromatic nitrogens is 2. The van der Waals surface area contributed by atoms with Crippen LogP contribution in [0.4, 0.5) is 5.69 Å². The van der Waals surface area contributed by atoms with E-state index in [1.54, 1.807) is 72.8 Å². The molecule has 0 aliphatic carbocycles. The quantitative estimate of drug-likeness (QED) is 0.436. The van der Waals surface area contributed by atoms with E-state index in [0.717, 1.165) is 4.68 Å². The van der Waals surface area contributed by atoms with Crippen LogP contribution in [0.3, 0.4) is 0 Å². The first kappa shape index (κ1) is 21.5. The van der Waals surface area contributed by atoms with Crippen molar-refractivity contribution in [2.75, 3.05) is 11.9 Å². The van der Waals surface area contributed by atoms with Crippen LogP contribution in [0.2, 0.25) is 10.0 Å². The summed E-state index contributed by atoms with van der Waals surface area (Å²) in [6.45, 7) is -0.596. The first-order valence-corrected chi connectivity index (χ1v) is 10.2. The molecule has 32 heavy (non-hydrogen) atoms. The maximum absolute atomic E-state index is 12.9. The van der Waals surface area contributed by atoms with Crippen LogP contribution in [0.15, 0.2) is 77.6 Å². The summed E-state index contributed by atoms with van der Waals surface area (Å²) in [5, 5.41) is 7.85. The van der Waals surface area contributed by atoms with E-state index in [2.05, 4.69) is 10.4 Å². The van der Waals surface area contributed by atoms with Crippen molar-refractivity contribution in [3.63, 3.8) is 0 Å². The van der Waals surface area contributed by atoms with E-state index in [1.165, 1.54) is 0 Å². The van der Waals surface area contributed by atoms with Gasteiger partial charge in [0.15, 0.2) is 12.3 Å². The molecule has 0 fully saturated rings. The Balaban J connectivity index is 1.62. The van der Waals surface area contributed by atoms with E-state index in [1.807, 2.05) is 0 Å². The van der Waals surface area contributed by atoms with Gasteiger partial charge >= 0.3 is 5.97 Å². The van der Waals surface area contributed by atoms with E-state index < -0.39 is 18.5 Å². The second-order valence-electron chi connectivity index (χ2n) is 6.67. The van der Waals surface area contributed by atoms with Gasteiger partial charge in [0.2, 0.25) is 0 Å². The summed E-state index contributed by atoms with van der Waals surface area (Å²) in [6, 6.07) is 20.0. The Hall–Kier alpha value is -3.68. The smallest absolute Gasteiger partial charge is 0.359 e. The number of nitrogens with zero attached hydrogens (tertiary/aromatic N) is 2. The van der Waals surface area contributed by atoms with Crippen LogP contribution >= 0.6 is 23.2 Å². The number of carbonyl (C=O) groups is 2. The molecule has 4 rings (SSSR count). The topological polar surface area (TPSA) is 90.3 Å². The Labute approximate surface area is 192 Å². The number of anilines is 1. The number of benzene rings is 3. The molecule has 160 valence electrons. The van der Waals surface area contributed by atoms with Crippen LogP contribution in [0, 0.1) is 0 Å². The van der Waals surface area contributed by atoms with E-state index in [4.69, 9.17) is 27.9 Å². The van der Waals surface area contributed by atoms with Crippen LogP contribution in [-0.2, 0) is 9.53 Å². The highest BCUT2D eigenvalue weighted by Gasteiger charge is 2.20. The van der Waals surface area contributed by atoms with Gasteiger partial charge in [0.25, 0.3) is 11.5 Å². The first-order valence-electron chi connectivity index (χ1n) is 9.44. The van der Waals surface area contributed by atoms with Crippen molar-refractivity contribution in [1.29, 1.82) is 0 Å². The van der Waals surface area contributed by atoms with Gasteiger partial charge in [-0.2, -0.15) is 9.78 Å². The number of fused-ring (bicyclic) bond motifs is 1. The lowest BCUT2D eigenvalue weighted by atomic mass is 10.1. The molecule has 3 aromatic carbocycles. The van der Waals surface area contributed by atoms with Gasteiger partial charge in [-0.1, -0.05) is 65.7 Å². The zero-order valence-electron chi connectivity index (χ0n) is 16.4. The average Bonchev–Trinajstić information content (AvgIpc) is 2.81. The second kappa shape index (κ2) is 9.21. The second-order valence-corrected chi connectivity index (χ2v) is 7.48. The number of nitrogens with one attached hydrogen (secondary N) is 1. The Bertz CT molecular complexity index is 1370. The van der Waals surface area contributed by atoms with Crippen molar-refractivity contribution in [2.45, 2.75) is 0 Å². The SMILES string of the molecule is O=C(COC(=O)c1nn(-c2ccccc2)c(=O)c2ccccc12)Nc1c(Cl)cccc1Cl. The summed E-state index contributed by atoms with van der Waals surface area (Å²) in [5.41, 5.74) is 0.239. The van der Waals surface area contributed by atoms with Crippen LogP contribution in [0.1, 0.15) is 10.5 Å². The van der Waals surface area contributed by atoms with Crippen molar-refractivity contribution in [3.05, 3.63) is 98.9 Å². The molecule has 7 nitrogen and oxygen atoms in total. The van der Waals surface area contributed by atoms with Crippen LogP contribution in [0.5, 0.6) is 0 Å². The number of hydrogen-bond donors (Lipinski definition) is 1. The zero-order chi connectivity index (χ0) is 22.7. The van der Waals surface area contributed by atoms with Crippen molar-refractivity contribution in [3.8, 4) is 5.69 Å². The molecule has 1 amide bonds. The van der Waals surface area contributed by atoms with Crippen molar-refractivity contribution >= 4 is 51.5 Å². The molecule has 0 atom stereocenters. The molecular weight excluding hydrogens is 453 g/mol. The molecule has 1 aromatic heterocycles. The van der Waals surface area contributed by atoms with Crippen molar-refractivity contribution in [1.82, 2.24) is 9.78 Å². The maximum Gasteiger partial charge on any atom is 0.359 e. The lowest BCUT2D eigenvalue weighted by Gasteiger charge is -2.12. The number of hydrogen-bond acceptors (Lipinski definition) is 5. The molecule has 0 radical (unpaired) electrons. The van der Waals surface area contributed by atoms with Crippen molar-refractivity contribution in [2.24, 2.45) is 0 Å². The van der Waals surface area contributed by atoms with E-state index in [9.17, 15) is 14.4 Å². The predicted molar refractivity (Wildman–Crippen MR) is 123 cm³/mol. The summed E-state index contributed by atoms with van der Waals surface area (Å²) in [6.07, 6.45) is 0. The fourth-order valence-corrected chi connectivity index (χ4v) is 3.57. The number of amides is 1. The molecule has 0 saturated carbocycles. The predicted octanol–water partition coefficient (Wildman–Crippen LogP) is 4.49. The van der Waals surface area contributed by atoms with Gasteiger partial charge in [0.1, 0.15) is 0 Å². The van der Waals surface area contributed by atoms with Gasteiger partial charge in [-0.05, 0) is 30.3 Å². The highest BCUT2D eigenvalue weighted by molar-refractivity contribution is 6.39. The number of ether oxygens (including phenoxy) is 1. The minimum Gasteiger partial charge on any atom is -0.451 e. The van der Waals surface area contributed by atoms with Crippen molar-refractivity contribution < 1.29 is 14.3 Å². The molecule has 0 bridgehead atoms. The lowest BCUT2D eigenvalue weighted by molar-refractivity contribution is -0.119. The van der Waals surface area contributed by atoms with E-state index in [-0.39, 0.29) is 27.0 Å². The van der Waals surface area contributed by atoms with Gasteiger partial charge in [0, 0.05) is 5.39 Å². The van der Waals surface area contributed by atoms with Gasteiger partial charge in [-0.25, -0.2) is 4.79 Å². The van der Waals surface area contributed by atoms with Gasteiger partial charge in [-0.15, -0.1) is 0 Å². The normalized spacial score (nSPS) is 10.7. The molecular formula is C23H15Cl2N3O4. The Morgan fingerprint density at radius 1 is 0.875 bits per heavy atom. The van der Waals surface area contributed by atoms with Crippen LogP contribution in [0.25, 0.3) is 16.5 Å². The monoisotopic (exact) mass is 467 g/mol. The number of halogens is 2. The van der Waals surface area contributed by atoms with Gasteiger partial charge < -0.3 is 10.1 Å². The third-order valence-corrected chi connectivity index (χ3v) is 5.19. The lowest BCUT2D eigenvalue weighted by Crippen LogP contribution is -2.26. The third kappa shape index (κ3) is 4.34. The summed E-state index contributed by atoms with van der Waals surface area (Å²) >= 11 is 12.1. The summed E-state index contributed by atoms with van der Waals surface area (Å²) < 4.78 is 6.29. The zero-order valence-corrected chi connectivity index (χ0v) is 17.9. The molecule has 0 aliphatic rings. The van der Waals surface area contributed by atoms with E-state index >= 15 is 0 Å². The highest BCUT2D eigenvalue weighted by atomic mass is 35.5. The first-order chi connectivity index (χ1) is 15.5. The number of esters is 1. The standard InChI is InChI=1S/C23H15Cl2N3O4/c24-17-11-6-12-18(25)21(17)26-19(29)13-32-23(31)20-15-9-4-5-10-16(15)22(30)28(27-20)14-7-2-1-3-8-14/h1-12H,13H2,(H,26,29). The minimum atomic E-state index is -0.855. The molecule has 9 heteroatoms. The van der Waals surface area contributed by atoms with Gasteiger partial charge in [0.05, 0.1) is 26.8 Å². The molecule has 1 N–H and O–H groups in total. The number of para-hydroxylation sites is 2. The number of carbonyl (C=O) groups excluding carboxylic acids is 2. The van der Waals surface area contributed by atoms with Crippen LogP contribution in [-0.4, -0.2) is 28.3 Å². The molecule has 0 unspecified atom stereocenters. The summed E-state index contributed by atoms with van der Waals surface area (Å²) in [5.74, 6) is -1.49.